The second-order valence-corrected chi connectivity index (χ2v) is 1.96. The molecular weight excluding hydrogens is 152 g/mol. The normalized spacial score (nSPS) is 8.08. The lowest BCUT2D eigenvalue weighted by molar-refractivity contribution is -0.136. The lowest BCUT2D eigenvalue weighted by Crippen LogP contribution is -1.91. The third-order valence-corrected chi connectivity index (χ3v) is 0.937. The van der Waals surface area contributed by atoms with Crippen molar-refractivity contribution in [3.63, 3.8) is 0 Å². The van der Waals surface area contributed by atoms with Crippen LogP contribution in [-0.4, -0.2) is 11.1 Å². The molecule has 0 bridgehead atoms. The molecule has 0 aliphatic heterocycles. The topological polar surface area (TPSA) is 37.3 Å². The standard InChI is InChI=1S/C10H10O2/c1-2-3-4-5-6-7-8-9-10(11)12/h2-3H,8-9H2,1H3,(H,11,12)/b3-2-. The Hall–Kier alpha value is -1.67. The van der Waals surface area contributed by atoms with Crippen LogP contribution in [0.5, 0.6) is 0 Å². The summed E-state index contributed by atoms with van der Waals surface area (Å²) in [6.45, 7) is 1.87. The monoisotopic (exact) mass is 162 g/mol. The van der Waals surface area contributed by atoms with Gasteiger partial charge in [-0.3, -0.25) is 4.79 Å². The number of rotatable bonds is 2. The summed E-state index contributed by atoms with van der Waals surface area (Å²) in [7, 11) is 0. The van der Waals surface area contributed by atoms with Gasteiger partial charge in [0.1, 0.15) is 0 Å². The predicted octanol–water partition coefficient (Wildman–Crippen LogP) is 1.43. The van der Waals surface area contributed by atoms with Crippen LogP contribution in [0, 0.1) is 23.7 Å². The summed E-state index contributed by atoms with van der Waals surface area (Å²) < 4.78 is 0. The van der Waals surface area contributed by atoms with Gasteiger partial charge < -0.3 is 5.11 Å². The highest BCUT2D eigenvalue weighted by Gasteiger charge is 1.90. The molecule has 2 nitrogen and oxygen atoms in total. The van der Waals surface area contributed by atoms with Gasteiger partial charge in [0.05, 0.1) is 6.42 Å². The van der Waals surface area contributed by atoms with Crippen molar-refractivity contribution in [3.05, 3.63) is 12.2 Å². The van der Waals surface area contributed by atoms with Gasteiger partial charge >= 0.3 is 5.97 Å². The van der Waals surface area contributed by atoms with Crippen molar-refractivity contribution in [3.8, 4) is 23.7 Å². The molecule has 0 unspecified atom stereocenters. The van der Waals surface area contributed by atoms with Crippen molar-refractivity contribution in [1.29, 1.82) is 0 Å². The molecule has 62 valence electrons. The molecule has 0 spiro atoms. The molecule has 0 aliphatic carbocycles. The molecule has 0 aromatic heterocycles. The molecule has 0 rings (SSSR count). The van der Waals surface area contributed by atoms with Crippen LogP contribution >= 0.6 is 0 Å². The van der Waals surface area contributed by atoms with Gasteiger partial charge in [-0.15, -0.1) is 0 Å². The molecule has 0 fully saturated rings. The van der Waals surface area contributed by atoms with E-state index in [2.05, 4.69) is 23.7 Å². The maximum atomic E-state index is 10.0. The summed E-state index contributed by atoms with van der Waals surface area (Å²) in [5.41, 5.74) is 0. The Morgan fingerprint density at radius 1 is 1.50 bits per heavy atom. The first kappa shape index (κ1) is 10.3. The van der Waals surface area contributed by atoms with Gasteiger partial charge in [-0.05, 0) is 24.8 Å². The van der Waals surface area contributed by atoms with Crippen LogP contribution in [0.25, 0.3) is 0 Å². The fraction of sp³-hybridized carbons (Fsp3) is 0.300. The van der Waals surface area contributed by atoms with E-state index in [1.807, 2.05) is 13.0 Å². The number of aliphatic carboxylic acids is 1. The van der Waals surface area contributed by atoms with Crippen LogP contribution in [0.15, 0.2) is 12.2 Å². The maximum Gasteiger partial charge on any atom is 0.304 e. The number of carboxylic acid groups (broad SMARTS) is 1. The van der Waals surface area contributed by atoms with Crippen molar-refractivity contribution >= 4 is 5.97 Å². The van der Waals surface area contributed by atoms with E-state index in [-0.39, 0.29) is 6.42 Å². The van der Waals surface area contributed by atoms with E-state index in [4.69, 9.17) is 5.11 Å². The minimum Gasteiger partial charge on any atom is -0.481 e. The Morgan fingerprint density at radius 3 is 2.83 bits per heavy atom. The lowest BCUT2D eigenvalue weighted by Gasteiger charge is -1.80. The lowest BCUT2D eigenvalue weighted by atomic mass is 10.3. The van der Waals surface area contributed by atoms with Crippen LogP contribution < -0.4 is 0 Å². The molecule has 12 heavy (non-hydrogen) atoms. The minimum absolute atomic E-state index is 0.0816. The Balaban J connectivity index is 3.63. The highest BCUT2D eigenvalue weighted by molar-refractivity contribution is 5.67. The second kappa shape index (κ2) is 7.44. The van der Waals surface area contributed by atoms with Crippen molar-refractivity contribution in [2.45, 2.75) is 19.8 Å². The van der Waals surface area contributed by atoms with Crippen LogP contribution in [0.1, 0.15) is 19.8 Å². The van der Waals surface area contributed by atoms with E-state index < -0.39 is 5.97 Å². The van der Waals surface area contributed by atoms with Gasteiger partial charge in [0.2, 0.25) is 0 Å². The number of hydrogen-bond acceptors (Lipinski definition) is 1. The quantitative estimate of drug-likeness (QED) is 0.624. The van der Waals surface area contributed by atoms with Crippen molar-refractivity contribution in [2.75, 3.05) is 0 Å². The van der Waals surface area contributed by atoms with Gasteiger partial charge in [0, 0.05) is 6.42 Å². The Kier molecular flexibility index (Phi) is 6.40. The predicted molar refractivity (Wildman–Crippen MR) is 47.2 cm³/mol. The first-order valence-electron chi connectivity index (χ1n) is 3.58. The second-order valence-electron chi connectivity index (χ2n) is 1.96. The summed E-state index contributed by atoms with van der Waals surface area (Å²) in [4.78, 5) is 10.0. The van der Waals surface area contributed by atoms with Crippen LogP contribution in [0.4, 0.5) is 0 Å². The number of hydrogen-bond donors (Lipinski definition) is 1. The fourth-order valence-corrected chi connectivity index (χ4v) is 0.437. The zero-order valence-electron chi connectivity index (χ0n) is 6.92. The molecule has 2 heteroatoms. The summed E-state index contributed by atoms with van der Waals surface area (Å²) in [6, 6.07) is 0. The first-order chi connectivity index (χ1) is 5.77. The summed E-state index contributed by atoms with van der Waals surface area (Å²) in [5.74, 6) is 9.60. The molecule has 0 saturated carbocycles. The fourth-order valence-electron chi connectivity index (χ4n) is 0.437. The molecule has 0 aromatic rings. The van der Waals surface area contributed by atoms with Crippen molar-refractivity contribution in [2.24, 2.45) is 0 Å². The minimum atomic E-state index is -0.828. The third-order valence-electron chi connectivity index (χ3n) is 0.937. The Labute approximate surface area is 72.3 Å². The van der Waals surface area contributed by atoms with E-state index in [0.29, 0.717) is 6.42 Å². The molecular formula is C10H10O2. The Bertz CT molecular complexity index is 278. The first-order valence-corrected chi connectivity index (χ1v) is 3.58. The Morgan fingerprint density at radius 2 is 2.25 bits per heavy atom. The number of allylic oxidation sites excluding steroid dienone is 2. The molecule has 0 atom stereocenters. The average molecular weight is 162 g/mol. The van der Waals surface area contributed by atoms with Gasteiger partial charge in [0.25, 0.3) is 0 Å². The number of carboxylic acids is 1. The van der Waals surface area contributed by atoms with E-state index >= 15 is 0 Å². The van der Waals surface area contributed by atoms with Gasteiger partial charge in [-0.1, -0.05) is 17.9 Å². The molecule has 0 aromatic carbocycles. The summed E-state index contributed by atoms with van der Waals surface area (Å²) in [5, 5.41) is 8.24. The molecule has 0 amide bonds. The van der Waals surface area contributed by atoms with E-state index in [0.717, 1.165) is 0 Å². The summed E-state index contributed by atoms with van der Waals surface area (Å²) in [6.07, 6.45) is 3.94. The maximum absolute atomic E-state index is 10.0. The largest absolute Gasteiger partial charge is 0.481 e. The zero-order valence-corrected chi connectivity index (χ0v) is 6.92. The van der Waals surface area contributed by atoms with E-state index in [1.165, 1.54) is 0 Å². The summed E-state index contributed by atoms with van der Waals surface area (Å²) >= 11 is 0. The molecule has 0 radical (unpaired) electrons. The highest BCUT2D eigenvalue weighted by atomic mass is 16.4. The van der Waals surface area contributed by atoms with Crippen LogP contribution in [-0.2, 0) is 4.79 Å². The smallest absolute Gasteiger partial charge is 0.304 e. The number of carbonyl (C=O) groups is 1. The molecule has 0 heterocycles. The average Bonchev–Trinajstić information content (AvgIpc) is 2.02. The highest BCUT2D eigenvalue weighted by Crippen LogP contribution is 1.83. The third kappa shape index (κ3) is 8.33. The SMILES string of the molecule is C/C=C\C#CC#CCCC(=O)O. The van der Waals surface area contributed by atoms with Gasteiger partial charge in [0.15, 0.2) is 0 Å². The van der Waals surface area contributed by atoms with Gasteiger partial charge in [-0.25, -0.2) is 0 Å². The van der Waals surface area contributed by atoms with Crippen LogP contribution in [0.3, 0.4) is 0 Å². The van der Waals surface area contributed by atoms with Crippen molar-refractivity contribution in [1.82, 2.24) is 0 Å². The van der Waals surface area contributed by atoms with Gasteiger partial charge in [-0.2, -0.15) is 0 Å². The zero-order chi connectivity index (χ0) is 9.23. The molecule has 0 saturated heterocycles. The van der Waals surface area contributed by atoms with E-state index in [9.17, 15) is 4.79 Å². The molecule has 1 N–H and O–H groups in total. The molecule has 0 aliphatic rings. The van der Waals surface area contributed by atoms with Crippen LogP contribution in [0.2, 0.25) is 0 Å². The van der Waals surface area contributed by atoms with Crippen molar-refractivity contribution < 1.29 is 9.90 Å². The van der Waals surface area contributed by atoms with E-state index in [1.54, 1.807) is 6.08 Å².